The molecule has 0 fully saturated rings. The number of alkyl halides is 3. The van der Waals surface area contributed by atoms with Gasteiger partial charge in [0.05, 0.1) is 0 Å². The fourth-order valence-corrected chi connectivity index (χ4v) is 2.75. The van der Waals surface area contributed by atoms with Gasteiger partial charge in [-0.25, -0.2) is 4.79 Å². The topological polar surface area (TPSA) is 50.4 Å². The number of carbonyl (C=O) groups is 1. The highest BCUT2D eigenvalue weighted by Gasteiger charge is 2.31. The molecule has 0 aliphatic rings. The standard InChI is InChI=1S/C17H17F3N2O2S/c18-17(19,20)24-15-9-5-4-6-13(15)12-22-16(23)21-10-11-25-14-7-2-1-3-8-14/h1-9H,10-12H2,(H2,21,22,23). The minimum absolute atomic E-state index is 0.0656. The van der Waals surface area contributed by atoms with E-state index in [1.165, 1.54) is 18.2 Å². The van der Waals surface area contributed by atoms with Gasteiger partial charge in [-0.1, -0.05) is 36.4 Å². The van der Waals surface area contributed by atoms with E-state index >= 15 is 0 Å². The molecular formula is C17H17F3N2O2S. The number of rotatable bonds is 7. The van der Waals surface area contributed by atoms with Gasteiger partial charge in [-0.05, 0) is 18.2 Å². The van der Waals surface area contributed by atoms with Crippen LogP contribution in [0.3, 0.4) is 0 Å². The summed E-state index contributed by atoms with van der Waals surface area (Å²) in [6.07, 6.45) is -4.77. The monoisotopic (exact) mass is 370 g/mol. The molecule has 0 aliphatic carbocycles. The summed E-state index contributed by atoms with van der Waals surface area (Å²) in [4.78, 5) is 12.8. The molecule has 4 nitrogen and oxygen atoms in total. The number of amides is 2. The molecule has 8 heteroatoms. The molecule has 25 heavy (non-hydrogen) atoms. The molecule has 2 amide bonds. The van der Waals surface area contributed by atoms with Gasteiger partial charge in [-0.15, -0.1) is 24.9 Å². The maximum absolute atomic E-state index is 12.3. The normalized spacial score (nSPS) is 11.0. The Kier molecular flexibility index (Phi) is 7.00. The number of carbonyl (C=O) groups excluding carboxylic acids is 1. The van der Waals surface area contributed by atoms with E-state index in [2.05, 4.69) is 15.4 Å². The van der Waals surface area contributed by atoms with E-state index < -0.39 is 12.4 Å². The number of hydrogen-bond donors (Lipinski definition) is 2. The van der Waals surface area contributed by atoms with Gasteiger partial charge in [0, 0.05) is 29.3 Å². The first-order chi connectivity index (χ1) is 11.9. The lowest BCUT2D eigenvalue weighted by Gasteiger charge is -2.14. The predicted octanol–water partition coefficient (Wildman–Crippen LogP) is 4.18. The second-order valence-electron chi connectivity index (χ2n) is 4.93. The number of ether oxygens (including phenoxy) is 1. The van der Waals surface area contributed by atoms with E-state index in [9.17, 15) is 18.0 Å². The van der Waals surface area contributed by atoms with Crippen LogP contribution in [0.4, 0.5) is 18.0 Å². The predicted molar refractivity (Wildman–Crippen MR) is 90.5 cm³/mol. The van der Waals surface area contributed by atoms with Crippen LogP contribution in [0.1, 0.15) is 5.56 Å². The molecule has 0 saturated heterocycles. The second-order valence-corrected chi connectivity index (χ2v) is 6.09. The Morgan fingerprint density at radius 2 is 1.68 bits per heavy atom. The Morgan fingerprint density at radius 3 is 2.40 bits per heavy atom. The van der Waals surface area contributed by atoms with Crippen molar-refractivity contribution in [3.05, 3.63) is 60.2 Å². The van der Waals surface area contributed by atoms with Gasteiger partial charge in [0.1, 0.15) is 5.75 Å². The highest BCUT2D eigenvalue weighted by Crippen LogP contribution is 2.26. The molecule has 0 radical (unpaired) electrons. The average Bonchev–Trinajstić information content (AvgIpc) is 2.57. The zero-order valence-corrected chi connectivity index (χ0v) is 14.0. The first-order valence-electron chi connectivity index (χ1n) is 7.47. The van der Waals surface area contributed by atoms with Gasteiger partial charge in [0.15, 0.2) is 0 Å². The number of nitrogens with one attached hydrogen (secondary N) is 2. The third kappa shape index (κ3) is 7.38. The van der Waals surface area contributed by atoms with Crippen LogP contribution in [-0.2, 0) is 6.54 Å². The zero-order valence-electron chi connectivity index (χ0n) is 13.2. The molecule has 0 spiro atoms. The Bertz CT molecular complexity index is 681. The van der Waals surface area contributed by atoms with Crippen molar-refractivity contribution in [2.75, 3.05) is 12.3 Å². The Labute approximate surface area is 147 Å². The summed E-state index contributed by atoms with van der Waals surface area (Å²) in [7, 11) is 0. The molecule has 2 aromatic carbocycles. The van der Waals surface area contributed by atoms with Crippen LogP contribution in [0.25, 0.3) is 0 Å². The van der Waals surface area contributed by atoms with Crippen molar-refractivity contribution in [1.29, 1.82) is 0 Å². The van der Waals surface area contributed by atoms with Crippen LogP contribution < -0.4 is 15.4 Å². The van der Waals surface area contributed by atoms with Crippen molar-refractivity contribution in [2.24, 2.45) is 0 Å². The molecule has 0 unspecified atom stereocenters. The highest BCUT2D eigenvalue weighted by atomic mass is 32.2. The lowest BCUT2D eigenvalue weighted by molar-refractivity contribution is -0.274. The summed E-state index contributed by atoms with van der Waals surface area (Å²) < 4.78 is 41.0. The number of benzene rings is 2. The number of hydrogen-bond acceptors (Lipinski definition) is 3. The largest absolute Gasteiger partial charge is 0.573 e. The maximum Gasteiger partial charge on any atom is 0.573 e. The Hall–Kier alpha value is -2.35. The third-order valence-corrected chi connectivity index (χ3v) is 4.05. The summed E-state index contributed by atoms with van der Waals surface area (Å²) in [5, 5.41) is 5.17. The third-order valence-electron chi connectivity index (χ3n) is 3.04. The van der Waals surface area contributed by atoms with Gasteiger partial charge in [0.25, 0.3) is 0 Å². The molecular weight excluding hydrogens is 353 g/mol. The van der Waals surface area contributed by atoms with Crippen LogP contribution in [0.15, 0.2) is 59.5 Å². The smallest absolute Gasteiger partial charge is 0.405 e. The van der Waals surface area contributed by atoms with E-state index in [-0.39, 0.29) is 17.9 Å². The second kappa shape index (κ2) is 9.22. The zero-order chi connectivity index (χ0) is 18.1. The van der Waals surface area contributed by atoms with Crippen LogP contribution in [0.2, 0.25) is 0 Å². The fourth-order valence-electron chi connectivity index (χ4n) is 1.96. The van der Waals surface area contributed by atoms with E-state index in [4.69, 9.17) is 0 Å². The highest BCUT2D eigenvalue weighted by molar-refractivity contribution is 7.99. The van der Waals surface area contributed by atoms with Crippen molar-refractivity contribution < 1.29 is 22.7 Å². The van der Waals surface area contributed by atoms with Gasteiger partial charge in [-0.3, -0.25) is 0 Å². The van der Waals surface area contributed by atoms with Crippen molar-refractivity contribution in [1.82, 2.24) is 10.6 Å². The lowest BCUT2D eigenvalue weighted by atomic mass is 10.2. The maximum atomic E-state index is 12.3. The molecule has 0 aliphatic heterocycles. The fraction of sp³-hybridized carbons (Fsp3) is 0.235. The minimum atomic E-state index is -4.77. The summed E-state index contributed by atoms with van der Waals surface area (Å²) in [5.41, 5.74) is 0.244. The number of halogens is 3. The molecule has 0 heterocycles. The molecule has 2 rings (SSSR count). The van der Waals surface area contributed by atoms with Gasteiger partial charge in [0.2, 0.25) is 0 Å². The quantitative estimate of drug-likeness (QED) is 0.568. The van der Waals surface area contributed by atoms with E-state index in [0.29, 0.717) is 12.3 Å². The molecule has 0 bridgehead atoms. The van der Waals surface area contributed by atoms with Crippen LogP contribution >= 0.6 is 11.8 Å². The van der Waals surface area contributed by atoms with Crippen molar-refractivity contribution >= 4 is 17.8 Å². The number of thioether (sulfide) groups is 1. The Balaban J connectivity index is 1.73. The van der Waals surface area contributed by atoms with Crippen LogP contribution in [0, 0.1) is 0 Å². The van der Waals surface area contributed by atoms with Crippen LogP contribution in [-0.4, -0.2) is 24.7 Å². The molecule has 2 N–H and O–H groups in total. The van der Waals surface area contributed by atoms with Crippen molar-refractivity contribution in [3.63, 3.8) is 0 Å². The van der Waals surface area contributed by atoms with Crippen LogP contribution in [0.5, 0.6) is 5.75 Å². The van der Waals surface area contributed by atoms with Crippen molar-refractivity contribution in [3.8, 4) is 5.75 Å². The van der Waals surface area contributed by atoms with Gasteiger partial charge in [-0.2, -0.15) is 0 Å². The summed E-state index contributed by atoms with van der Waals surface area (Å²) >= 11 is 1.60. The molecule has 134 valence electrons. The molecule has 2 aromatic rings. The SMILES string of the molecule is O=C(NCCSc1ccccc1)NCc1ccccc1OC(F)(F)F. The number of para-hydroxylation sites is 1. The minimum Gasteiger partial charge on any atom is -0.405 e. The van der Waals surface area contributed by atoms with E-state index in [1.54, 1.807) is 17.8 Å². The Morgan fingerprint density at radius 1 is 1.00 bits per heavy atom. The summed E-state index contributed by atoms with van der Waals surface area (Å²) in [6, 6.07) is 15.0. The number of urea groups is 1. The summed E-state index contributed by atoms with van der Waals surface area (Å²) in [6.45, 7) is 0.371. The van der Waals surface area contributed by atoms with Gasteiger partial charge >= 0.3 is 12.4 Å². The van der Waals surface area contributed by atoms with E-state index in [0.717, 1.165) is 4.90 Å². The average molecular weight is 370 g/mol. The lowest BCUT2D eigenvalue weighted by Crippen LogP contribution is -2.36. The first kappa shape index (κ1) is 19.0. The van der Waals surface area contributed by atoms with Gasteiger partial charge < -0.3 is 15.4 Å². The molecule has 0 aromatic heterocycles. The molecule has 0 atom stereocenters. The molecule has 0 saturated carbocycles. The van der Waals surface area contributed by atoms with E-state index in [1.807, 2.05) is 30.3 Å². The summed E-state index contributed by atoms with van der Waals surface area (Å²) in [5.74, 6) is 0.362. The first-order valence-corrected chi connectivity index (χ1v) is 8.46. The van der Waals surface area contributed by atoms with Crippen molar-refractivity contribution in [2.45, 2.75) is 17.8 Å².